The van der Waals surface area contributed by atoms with E-state index in [1.165, 1.54) is 19.2 Å². The summed E-state index contributed by atoms with van der Waals surface area (Å²) in [7, 11) is 1.31. The Kier molecular flexibility index (Phi) is 4.28. The molecule has 0 aliphatic rings. The lowest BCUT2D eigenvalue weighted by atomic mass is 10.2. The van der Waals surface area contributed by atoms with Gasteiger partial charge >= 0.3 is 5.97 Å². The van der Waals surface area contributed by atoms with Gasteiger partial charge in [0, 0.05) is 12.2 Å². The lowest BCUT2D eigenvalue weighted by Crippen LogP contribution is -2.09. The fourth-order valence-corrected chi connectivity index (χ4v) is 1.13. The minimum Gasteiger partial charge on any atom is -0.469 e. The number of hydrogen-bond donors (Lipinski definition) is 1. The summed E-state index contributed by atoms with van der Waals surface area (Å²) in [6, 6.07) is 5.91. The van der Waals surface area contributed by atoms with Crippen LogP contribution in [0, 0.1) is 17.1 Å². The zero-order valence-corrected chi connectivity index (χ0v) is 8.79. The van der Waals surface area contributed by atoms with Crippen LogP contribution in [-0.4, -0.2) is 19.6 Å². The molecule has 5 heteroatoms. The molecule has 0 bridgehead atoms. The van der Waals surface area contributed by atoms with Crippen LogP contribution in [-0.2, 0) is 9.53 Å². The Balaban J connectivity index is 2.53. The van der Waals surface area contributed by atoms with E-state index in [2.05, 4.69) is 10.1 Å². The quantitative estimate of drug-likeness (QED) is 0.787. The molecule has 0 aliphatic carbocycles. The number of anilines is 1. The fraction of sp³-hybridized carbons (Fsp3) is 0.273. The van der Waals surface area contributed by atoms with Crippen molar-refractivity contribution in [3.8, 4) is 6.07 Å². The minimum absolute atomic E-state index is 0.00137. The third kappa shape index (κ3) is 3.24. The first kappa shape index (κ1) is 12.0. The van der Waals surface area contributed by atoms with Gasteiger partial charge in [0.15, 0.2) is 0 Å². The maximum absolute atomic E-state index is 13.1. The normalized spacial score (nSPS) is 9.31. The summed E-state index contributed by atoms with van der Waals surface area (Å²) in [6.07, 6.45) is 0.206. The fourth-order valence-electron chi connectivity index (χ4n) is 1.13. The van der Waals surface area contributed by atoms with Gasteiger partial charge in [-0.15, -0.1) is 0 Å². The highest BCUT2D eigenvalue weighted by Gasteiger charge is 2.03. The number of benzene rings is 1. The molecular formula is C11H11FN2O2. The van der Waals surface area contributed by atoms with Crippen molar-refractivity contribution in [2.24, 2.45) is 0 Å². The number of ether oxygens (including phenoxy) is 1. The molecule has 0 fully saturated rings. The van der Waals surface area contributed by atoms with E-state index in [0.29, 0.717) is 12.2 Å². The summed E-state index contributed by atoms with van der Waals surface area (Å²) in [5.74, 6) is -0.910. The topological polar surface area (TPSA) is 62.1 Å². The standard InChI is InChI=1S/C11H11FN2O2/c1-16-11(15)4-5-14-9-3-2-8(7-13)10(12)6-9/h2-3,6,14H,4-5H2,1H3. The minimum atomic E-state index is -0.578. The zero-order valence-electron chi connectivity index (χ0n) is 8.79. The molecule has 0 radical (unpaired) electrons. The second-order valence-electron chi connectivity index (χ2n) is 3.06. The lowest BCUT2D eigenvalue weighted by molar-refractivity contribution is -0.140. The Labute approximate surface area is 92.6 Å². The van der Waals surface area contributed by atoms with Crippen LogP contribution in [0.3, 0.4) is 0 Å². The van der Waals surface area contributed by atoms with E-state index in [4.69, 9.17) is 5.26 Å². The molecule has 0 spiro atoms. The number of nitrogens with one attached hydrogen (secondary N) is 1. The number of nitriles is 1. The molecule has 0 amide bonds. The average molecular weight is 222 g/mol. The Bertz CT molecular complexity index is 426. The third-order valence-electron chi connectivity index (χ3n) is 1.98. The van der Waals surface area contributed by atoms with Crippen LogP contribution in [0.15, 0.2) is 18.2 Å². The van der Waals surface area contributed by atoms with Gasteiger partial charge in [-0.3, -0.25) is 4.79 Å². The first-order valence-electron chi connectivity index (χ1n) is 4.67. The monoisotopic (exact) mass is 222 g/mol. The first-order valence-corrected chi connectivity index (χ1v) is 4.67. The van der Waals surface area contributed by atoms with Gasteiger partial charge in [-0.05, 0) is 18.2 Å². The van der Waals surface area contributed by atoms with Crippen molar-refractivity contribution in [2.45, 2.75) is 6.42 Å². The van der Waals surface area contributed by atoms with E-state index >= 15 is 0 Å². The number of hydrogen-bond acceptors (Lipinski definition) is 4. The molecule has 0 heterocycles. The SMILES string of the molecule is COC(=O)CCNc1ccc(C#N)c(F)c1. The molecule has 0 aromatic heterocycles. The highest BCUT2D eigenvalue weighted by molar-refractivity contribution is 5.69. The number of carbonyl (C=O) groups is 1. The van der Waals surface area contributed by atoms with Crippen LogP contribution in [0.1, 0.15) is 12.0 Å². The molecule has 1 aromatic carbocycles. The molecule has 16 heavy (non-hydrogen) atoms. The van der Waals surface area contributed by atoms with Crippen LogP contribution in [0.25, 0.3) is 0 Å². The van der Waals surface area contributed by atoms with Crippen molar-refractivity contribution in [1.82, 2.24) is 0 Å². The van der Waals surface area contributed by atoms with Gasteiger partial charge < -0.3 is 10.1 Å². The van der Waals surface area contributed by atoms with Crippen LogP contribution in [0.2, 0.25) is 0 Å². The number of halogens is 1. The molecule has 0 saturated heterocycles. The van der Waals surface area contributed by atoms with Crippen molar-refractivity contribution in [3.05, 3.63) is 29.6 Å². The van der Waals surface area contributed by atoms with Crippen molar-refractivity contribution in [2.75, 3.05) is 19.0 Å². The smallest absolute Gasteiger partial charge is 0.307 e. The molecule has 0 aliphatic heterocycles. The number of nitrogens with zero attached hydrogens (tertiary/aromatic N) is 1. The van der Waals surface area contributed by atoms with Crippen molar-refractivity contribution in [1.29, 1.82) is 5.26 Å². The number of methoxy groups -OCH3 is 1. The van der Waals surface area contributed by atoms with Gasteiger partial charge in [0.2, 0.25) is 0 Å². The Morgan fingerprint density at radius 2 is 2.38 bits per heavy atom. The molecule has 4 nitrogen and oxygen atoms in total. The van der Waals surface area contributed by atoms with E-state index in [1.807, 2.05) is 0 Å². The molecular weight excluding hydrogens is 211 g/mol. The maximum Gasteiger partial charge on any atom is 0.307 e. The Morgan fingerprint density at radius 1 is 1.62 bits per heavy atom. The van der Waals surface area contributed by atoms with E-state index in [0.717, 1.165) is 0 Å². The molecule has 1 rings (SSSR count). The largest absolute Gasteiger partial charge is 0.469 e. The van der Waals surface area contributed by atoms with Gasteiger partial charge in [-0.25, -0.2) is 4.39 Å². The molecule has 0 unspecified atom stereocenters. The first-order chi connectivity index (χ1) is 7.67. The summed E-state index contributed by atoms with van der Waals surface area (Å²) < 4.78 is 17.6. The van der Waals surface area contributed by atoms with Crippen molar-refractivity contribution >= 4 is 11.7 Å². The Hall–Kier alpha value is -2.09. The molecule has 0 atom stereocenters. The third-order valence-corrected chi connectivity index (χ3v) is 1.98. The van der Waals surface area contributed by atoms with Crippen LogP contribution < -0.4 is 5.32 Å². The Morgan fingerprint density at radius 3 is 2.94 bits per heavy atom. The second kappa shape index (κ2) is 5.71. The number of carbonyl (C=O) groups excluding carboxylic acids is 1. The number of rotatable bonds is 4. The molecule has 84 valence electrons. The van der Waals surface area contributed by atoms with Crippen molar-refractivity contribution in [3.63, 3.8) is 0 Å². The summed E-state index contributed by atoms with van der Waals surface area (Å²) in [6.45, 7) is 0.359. The average Bonchev–Trinajstić information content (AvgIpc) is 2.29. The number of esters is 1. The second-order valence-corrected chi connectivity index (χ2v) is 3.06. The lowest BCUT2D eigenvalue weighted by Gasteiger charge is -2.05. The van der Waals surface area contributed by atoms with Gasteiger partial charge in [0.25, 0.3) is 0 Å². The van der Waals surface area contributed by atoms with Gasteiger partial charge in [0.1, 0.15) is 11.9 Å². The maximum atomic E-state index is 13.1. The summed E-state index contributed by atoms with van der Waals surface area (Å²) in [4.78, 5) is 10.8. The van der Waals surface area contributed by atoms with Crippen LogP contribution in [0.5, 0.6) is 0 Å². The van der Waals surface area contributed by atoms with Crippen LogP contribution in [0.4, 0.5) is 10.1 Å². The van der Waals surface area contributed by atoms with Crippen molar-refractivity contribution < 1.29 is 13.9 Å². The molecule has 1 aromatic rings. The summed E-state index contributed by atoms with van der Waals surface area (Å²) >= 11 is 0. The molecule has 0 saturated carbocycles. The predicted molar refractivity (Wildman–Crippen MR) is 56.2 cm³/mol. The van der Waals surface area contributed by atoms with E-state index in [-0.39, 0.29) is 18.0 Å². The van der Waals surface area contributed by atoms with E-state index in [9.17, 15) is 9.18 Å². The van der Waals surface area contributed by atoms with E-state index < -0.39 is 5.82 Å². The molecule has 1 N–H and O–H groups in total. The highest BCUT2D eigenvalue weighted by Crippen LogP contribution is 2.13. The summed E-state index contributed by atoms with van der Waals surface area (Å²) in [5, 5.41) is 11.4. The van der Waals surface area contributed by atoms with Gasteiger partial charge in [0.05, 0.1) is 19.1 Å². The van der Waals surface area contributed by atoms with Crippen LogP contribution >= 0.6 is 0 Å². The highest BCUT2D eigenvalue weighted by atomic mass is 19.1. The predicted octanol–water partition coefficient (Wildman–Crippen LogP) is 1.67. The van der Waals surface area contributed by atoms with Gasteiger partial charge in [-0.2, -0.15) is 5.26 Å². The van der Waals surface area contributed by atoms with E-state index in [1.54, 1.807) is 12.1 Å². The van der Waals surface area contributed by atoms with Gasteiger partial charge in [-0.1, -0.05) is 0 Å². The summed E-state index contributed by atoms with van der Waals surface area (Å²) in [5.41, 5.74) is 0.527. The zero-order chi connectivity index (χ0) is 12.0.